The summed E-state index contributed by atoms with van der Waals surface area (Å²) in [6.45, 7) is 0.786. The van der Waals surface area contributed by atoms with Crippen LogP contribution in [-0.2, 0) is 6.54 Å². The average Bonchev–Trinajstić information content (AvgIpc) is 2.71. The Balaban J connectivity index is 2.52. The van der Waals surface area contributed by atoms with Crippen molar-refractivity contribution in [3.05, 3.63) is 47.5 Å². The molecule has 0 radical (unpaired) electrons. The van der Waals surface area contributed by atoms with E-state index in [2.05, 4.69) is 16.4 Å². The van der Waals surface area contributed by atoms with Crippen molar-refractivity contribution in [3.63, 3.8) is 0 Å². The zero-order valence-corrected chi connectivity index (χ0v) is 9.20. The first-order valence-corrected chi connectivity index (χ1v) is 5.11. The van der Waals surface area contributed by atoms with Crippen LogP contribution in [0.15, 0.2) is 36.9 Å². The number of hydrogen-bond acceptors (Lipinski definition) is 2. The first kappa shape index (κ1) is 10.2. The lowest BCUT2D eigenvalue weighted by Gasteiger charge is -2.11. The van der Waals surface area contributed by atoms with Crippen molar-refractivity contribution in [2.45, 2.75) is 6.54 Å². The van der Waals surface area contributed by atoms with E-state index in [-0.39, 0.29) is 0 Å². The van der Waals surface area contributed by atoms with Crippen molar-refractivity contribution in [2.75, 3.05) is 7.05 Å². The summed E-state index contributed by atoms with van der Waals surface area (Å²) in [5, 5.41) is 3.86. The second kappa shape index (κ2) is 4.47. The third kappa shape index (κ3) is 2.03. The molecular weight excluding hydrogens is 210 g/mol. The number of nitrogens with zero attached hydrogens (tertiary/aromatic N) is 2. The maximum atomic E-state index is 6.18. The molecule has 0 bridgehead atoms. The maximum absolute atomic E-state index is 6.18. The Morgan fingerprint density at radius 3 is 3.00 bits per heavy atom. The van der Waals surface area contributed by atoms with Crippen LogP contribution < -0.4 is 5.32 Å². The SMILES string of the molecule is CNCc1cccc(Cl)c1-n1ccnc1. The Hall–Kier alpha value is -1.32. The Morgan fingerprint density at radius 1 is 1.47 bits per heavy atom. The van der Waals surface area contributed by atoms with Crippen LogP contribution in [0, 0.1) is 0 Å². The van der Waals surface area contributed by atoms with Gasteiger partial charge in [0.15, 0.2) is 0 Å². The molecule has 0 fully saturated rings. The number of halogens is 1. The topological polar surface area (TPSA) is 29.9 Å². The summed E-state index contributed by atoms with van der Waals surface area (Å²) >= 11 is 6.18. The van der Waals surface area contributed by atoms with Crippen molar-refractivity contribution in [3.8, 4) is 5.69 Å². The van der Waals surface area contributed by atoms with Crippen LogP contribution in [0.5, 0.6) is 0 Å². The summed E-state index contributed by atoms with van der Waals surface area (Å²) in [4.78, 5) is 4.02. The summed E-state index contributed by atoms with van der Waals surface area (Å²) in [7, 11) is 1.92. The van der Waals surface area contributed by atoms with Crippen molar-refractivity contribution < 1.29 is 0 Å². The molecule has 0 aliphatic rings. The molecule has 1 N–H and O–H groups in total. The largest absolute Gasteiger partial charge is 0.316 e. The van der Waals surface area contributed by atoms with Gasteiger partial charge in [-0.15, -0.1) is 0 Å². The van der Waals surface area contributed by atoms with Crippen LogP contribution in [0.2, 0.25) is 5.02 Å². The van der Waals surface area contributed by atoms with E-state index in [0.29, 0.717) is 0 Å². The van der Waals surface area contributed by atoms with E-state index in [1.165, 1.54) is 0 Å². The summed E-state index contributed by atoms with van der Waals surface area (Å²) < 4.78 is 1.93. The quantitative estimate of drug-likeness (QED) is 0.862. The highest BCUT2D eigenvalue weighted by Crippen LogP contribution is 2.24. The highest BCUT2D eigenvalue weighted by molar-refractivity contribution is 6.32. The molecule has 3 nitrogen and oxygen atoms in total. The van der Waals surface area contributed by atoms with E-state index in [1.54, 1.807) is 12.5 Å². The molecule has 0 saturated heterocycles. The molecule has 1 aromatic heterocycles. The Bertz CT molecular complexity index is 437. The smallest absolute Gasteiger partial charge is 0.0992 e. The van der Waals surface area contributed by atoms with Gasteiger partial charge in [0.1, 0.15) is 0 Å². The molecule has 2 aromatic rings. The zero-order valence-electron chi connectivity index (χ0n) is 8.44. The van der Waals surface area contributed by atoms with Gasteiger partial charge in [0.25, 0.3) is 0 Å². The molecule has 0 spiro atoms. The molecule has 2 rings (SSSR count). The first-order valence-electron chi connectivity index (χ1n) is 4.73. The van der Waals surface area contributed by atoms with Gasteiger partial charge in [0.2, 0.25) is 0 Å². The molecule has 78 valence electrons. The molecule has 0 aliphatic heterocycles. The fourth-order valence-corrected chi connectivity index (χ4v) is 1.87. The van der Waals surface area contributed by atoms with Gasteiger partial charge >= 0.3 is 0 Å². The standard InChI is InChI=1S/C11H12ClN3/c1-13-7-9-3-2-4-10(12)11(9)15-6-5-14-8-15/h2-6,8,13H,7H2,1H3. The van der Waals surface area contributed by atoms with Gasteiger partial charge in [0.05, 0.1) is 17.0 Å². The summed E-state index contributed by atoms with van der Waals surface area (Å²) in [5.74, 6) is 0. The van der Waals surface area contributed by atoms with E-state index in [1.807, 2.05) is 29.9 Å². The number of rotatable bonds is 3. The Kier molecular flexibility index (Phi) is 3.04. The van der Waals surface area contributed by atoms with Crippen LogP contribution in [0.3, 0.4) is 0 Å². The molecular formula is C11H12ClN3. The van der Waals surface area contributed by atoms with Gasteiger partial charge in [-0.1, -0.05) is 23.7 Å². The lowest BCUT2D eigenvalue weighted by molar-refractivity contribution is 0.807. The van der Waals surface area contributed by atoms with Gasteiger partial charge in [-0.2, -0.15) is 0 Å². The highest BCUT2D eigenvalue weighted by Gasteiger charge is 2.07. The normalized spacial score (nSPS) is 10.5. The average molecular weight is 222 g/mol. The molecule has 1 aromatic carbocycles. The Morgan fingerprint density at radius 2 is 2.33 bits per heavy atom. The lowest BCUT2D eigenvalue weighted by Crippen LogP contribution is -2.08. The van der Waals surface area contributed by atoms with E-state index in [4.69, 9.17) is 11.6 Å². The zero-order chi connectivity index (χ0) is 10.7. The number of imidazole rings is 1. The van der Waals surface area contributed by atoms with Gasteiger partial charge < -0.3 is 9.88 Å². The van der Waals surface area contributed by atoms with Crippen LogP contribution >= 0.6 is 11.6 Å². The summed E-state index contributed by atoms with van der Waals surface area (Å²) in [6.07, 6.45) is 5.38. The predicted molar refractivity (Wildman–Crippen MR) is 61.3 cm³/mol. The second-order valence-electron chi connectivity index (χ2n) is 3.25. The number of para-hydroxylation sites is 1. The highest BCUT2D eigenvalue weighted by atomic mass is 35.5. The number of aromatic nitrogens is 2. The molecule has 0 saturated carbocycles. The van der Waals surface area contributed by atoms with Crippen LogP contribution in [0.25, 0.3) is 5.69 Å². The van der Waals surface area contributed by atoms with Crippen molar-refractivity contribution in [1.82, 2.24) is 14.9 Å². The molecule has 0 atom stereocenters. The van der Waals surface area contributed by atoms with Crippen molar-refractivity contribution in [2.24, 2.45) is 0 Å². The minimum atomic E-state index is 0.737. The van der Waals surface area contributed by atoms with Crippen LogP contribution in [0.1, 0.15) is 5.56 Å². The molecule has 15 heavy (non-hydrogen) atoms. The van der Waals surface area contributed by atoms with Gasteiger partial charge in [-0.25, -0.2) is 4.98 Å². The fourth-order valence-electron chi connectivity index (χ4n) is 1.57. The van der Waals surface area contributed by atoms with E-state index in [9.17, 15) is 0 Å². The molecule has 0 aliphatic carbocycles. The summed E-state index contributed by atoms with van der Waals surface area (Å²) in [6, 6.07) is 5.89. The minimum Gasteiger partial charge on any atom is -0.316 e. The Labute approximate surface area is 93.7 Å². The molecule has 0 amide bonds. The van der Waals surface area contributed by atoms with Gasteiger partial charge in [-0.3, -0.25) is 0 Å². The summed E-state index contributed by atoms with van der Waals surface area (Å²) in [5.41, 5.74) is 2.15. The predicted octanol–water partition coefficient (Wildman–Crippen LogP) is 2.25. The van der Waals surface area contributed by atoms with E-state index >= 15 is 0 Å². The third-order valence-corrected chi connectivity index (χ3v) is 2.51. The van der Waals surface area contributed by atoms with Crippen molar-refractivity contribution in [1.29, 1.82) is 0 Å². The third-order valence-electron chi connectivity index (χ3n) is 2.20. The molecule has 0 unspecified atom stereocenters. The first-order chi connectivity index (χ1) is 7.33. The molecule has 1 heterocycles. The molecule has 4 heteroatoms. The maximum Gasteiger partial charge on any atom is 0.0992 e. The monoisotopic (exact) mass is 221 g/mol. The number of hydrogen-bond donors (Lipinski definition) is 1. The van der Waals surface area contributed by atoms with Gasteiger partial charge in [0, 0.05) is 18.9 Å². The fraction of sp³-hybridized carbons (Fsp3) is 0.182. The van der Waals surface area contributed by atoms with E-state index < -0.39 is 0 Å². The van der Waals surface area contributed by atoms with E-state index in [0.717, 1.165) is 22.8 Å². The lowest BCUT2D eigenvalue weighted by atomic mass is 10.1. The van der Waals surface area contributed by atoms with Crippen LogP contribution in [-0.4, -0.2) is 16.6 Å². The van der Waals surface area contributed by atoms with Crippen molar-refractivity contribution >= 4 is 11.6 Å². The number of nitrogens with one attached hydrogen (secondary N) is 1. The van der Waals surface area contributed by atoms with Gasteiger partial charge in [-0.05, 0) is 18.7 Å². The van der Waals surface area contributed by atoms with Crippen LogP contribution in [0.4, 0.5) is 0 Å². The minimum absolute atomic E-state index is 0.737. The number of benzene rings is 1. The second-order valence-corrected chi connectivity index (χ2v) is 3.66.